The van der Waals surface area contributed by atoms with Crippen LogP contribution < -0.4 is 5.32 Å². The summed E-state index contributed by atoms with van der Waals surface area (Å²) in [5.74, 6) is 0.365. The van der Waals surface area contributed by atoms with E-state index in [1.165, 1.54) is 11.8 Å². The Bertz CT molecular complexity index is 665. The molecule has 0 spiro atoms. The van der Waals surface area contributed by atoms with E-state index < -0.39 is 0 Å². The molecule has 0 aliphatic rings. The predicted molar refractivity (Wildman–Crippen MR) is 91.6 cm³/mol. The highest BCUT2D eigenvalue weighted by Gasteiger charge is 2.07. The van der Waals surface area contributed by atoms with Crippen LogP contribution >= 0.6 is 11.8 Å². The molecule has 0 saturated heterocycles. The van der Waals surface area contributed by atoms with Crippen molar-refractivity contribution in [2.45, 2.75) is 25.2 Å². The van der Waals surface area contributed by atoms with Crippen LogP contribution in [0.5, 0.6) is 0 Å². The Labute approximate surface area is 135 Å². The van der Waals surface area contributed by atoms with Crippen molar-refractivity contribution >= 4 is 29.1 Å². The van der Waals surface area contributed by atoms with Gasteiger partial charge < -0.3 is 5.32 Å². The summed E-state index contributed by atoms with van der Waals surface area (Å²) in [5, 5.41) is 2.95. The van der Waals surface area contributed by atoms with Crippen molar-refractivity contribution in [3.63, 3.8) is 0 Å². The van der Waals surface area contributed by atoms with Crippen LogP contribution in [0.2, 0.25) is 0 Å². The van der Waals surface area contributed by atoms with Crippen LogP contribution in [0.1, 0.15) is 29.8 Å². The van der Waals surface area contributed by atoms with E-state index in [0.717, 1.165) is 22.6 Å². The quantitative estimate of drug-likeness (QED) is 0.643. The summed E-state index contributed by atoms with van der Waals surface area (Å²) in [6, 6.07) is 15.1. The number of carbonyl (C=O) groups excluding carboxylic acids is 2. The fourth-order valence-electron chi connectivity index (χ4n) is 2.07. The highest BCUT2D eigenvalue weighted by Crippen LogP contribution is 2.20. The van der Waals surface area contributed by atoms with Gasteiger partial charge in [0.05, 0.1) is 5.75 Å². The third kappa shape index (κ3) is 4.46. The van der Waals surface area contributed by atoms with E-state index in [0.29, 0.717) is 11.3 Å². The van der Waals surface area contributed by atoms with Gasteiger partial charge in [-0.25, -0.2) is 0 Å². The molecule has 1 amide bonds. The van der Waals surface area contributed by atoms with Crippen molar-refractivity contribution in [1.82, 2.24) is 0 Å². The van der Waals surface area contributed by atoms with E-state index in [1.54, 1.807) is 19.1 Å². The summed E-state index contributed by atoms with van der Waals surface area (Å²) in [6.45, 7) is 3.61. The standard InChI is InChI=1S/C18H19NO2S/c1-3-14-6-4-5-7-17(14)19-18(21)12-22-16-10-8-15(9-11-16)13(2)20/h4-11H,3,12H2,1-2H3,(H,19,21). The SMILES string of the molecule is CCc1ccccc1NC(=O)CSc1ccc(C(C)=O)cc1. The smallest absolute Gasteiger partial charge is 0.234 e. The average Bonchev–Trinajstić information content (AvgIpc) is 2.54. The molecule has 0 aromatic heterocycles. The summed E-state index contributed by atoms with van der Waals surface area (Å²) in [6.07, 6.45) is 0.885. The molecule has 0 atom stereocenters. The van der Waals surface area contributed by atoms with Crippen LogP contribution in [0, 0.1) is 0 Å². The number of rotatable bonds is 6. The Morgan fingerprint density at radius 2 is 1.73 bits per heavy atom. The molecular weight excluding hydrogens is 294 g/mol. The number of Topliss-reactive ketones (excluding diaryl/α,β-unsaturated/α-hetero) is 1. The second-order valence-electron chi connectivity index (χ2n) is 4.93. The lowest BCUT2D eigenvalue weighted by Gasteiger charge is -2.09. The Kier molecular flexibility index (Phi) is 5.78. The maximum Gasteiger partial charge on any atom is 0.234 e. The van der Waals surface area contributed by atoms with Gasteiger partial charge in [-0.2, -0.15) is 0 Å². The minimum atomic E-state index is -0.0263. The van der Waals surface area contributed by atoms with Crippen molar-refractivity contribution in [3.05, 3.63) is 59.7 Å². The van der Waals surface area contributed by atoms with E-state index in [2.05, 4.69) is 12.2 Å². The minimum Gasteiger partial charge on any atom is -0.325 e. The number of hydrogen-bond donors (Lipinski definition) is 1. The first-order valence-corrected chi connectivity index (χ1v) is 8.20. The molecule has 0 unspecified atom stereocenters. The van der Waals surface area contributed by atoms with Crippen molar-refractivity contribution in [2.75, 3.05) is 11.1 Å². The van der Waals surface area contributed by atoms with Crippen molar-refractivity contribution in [1.29, 1.82) is 0 Å². The molecule has 2 aromatic carbocycles. The van der Waals surface area contributed by atoms with Gasteiger partial charge in [0.2, 0.25) is 5.91 Å². The van der Waals surface area contributed by atoms with Gasteiger partial charge in [0.25, 0.3) is 0 Å². The molecule has 2 rings (SSSR count). The van der Waals surface area contributed by atoms with Gasteiger partial charge in [0, 0.05) is 16.1 Å². The largest absolute Gasteiger partial charge is 0.325 e. The van der Waals surface area contributed by atoms with E-state index in [-0.39, 0.29) is 11.7 Å². The molecule has 0 bridgehead atoms. The maximum absolute atomic E-state index is 12.0. The number of aryl methyl sites for hydroxylation is 1. The zero-order valence-corrected chi connectivity index (χ0v) is 13.6. The molecule has 3 nitrogen and oxygen atoms in total. The average molecular weight is 313 g/mol. The fourth-order valence-corrected chi connectivity index (χ4v) is 2.77. The molecule has 114 valence electrons. The van der Waals surface area contributed by atoms with E-state index in [1.807, 2.05) is 36.4 Å². The van der Waals surface area contributed by atoms with Crippen LogP contribution in [-0.2, 0) is 11.2 Å². The molecule has 0 heterocycles. The van der Waals surface area contributed by atoms with Crippen molar-refractivity contribution < 1.29 is 9.59 Å². The third-order valence-corrected chi connectivity index (χ3v) is 4.32. The number of hydrogen-bond acceptors (Lipinski definition) is 3. The topological polar surface area (TPSA) is 46.2 Å². The molecule has 0 fully saturated rings. The highest BCUT2D eigenvalue weighted by molar-refractivity contribution is 8.00. The van der Waals surface area contributed by atoms with Gasteiger partial charge in [0.1, 0.15) is 0 Å². The molecule has 22 heavy (non-hydrogen) atoms. The molecule has 4 heteroatoms. The predicted octanol–water partition coefficient (Wildman–Crippen LogP) is 4.18. The number of carbonyl (C=O) groups is 2. The van der Waals surface area contributed by atoms with Crippen LogP contribution in [0.25, 0.3) is 0 Å². The van der Waals surface area contributed by atoms with Gasteiger partial charge in [-0.05, 0) is 37.1 Å². The Hall–Kier alpha value is -2.07. The monoisotopic (exact) mass is 313 g/mol. The van der Waals surface area contributed by atoms with Gasteiger partial charge in [0.15, 0.2) is 5.78 Å². The number of ketones is 1. The lowest BCUT2D eigenvalue weighted by Crippen LogP contribution is -2.15. The van der Waals surface area contributed by atoms with E-state index in [4.69, 9.17) is 0 Å². The van der Waals surface area contributed by atoms with Gasteiger partial charge in [-0.3, -0.25) is 9.59 Å². The zero-order valence-electron chi connectivity index (χ0n) is 12.8. The van der Waals surface area contributed by atoms with Crippen molar-refractivity contribution in [3.8, 4) is 0 Å². The Morgan fingerprint density at radius 1 is 1.05 bits per heavy atom. The molecule has 0 aliphatic carbocycles. The summed E-state index contributed by atoms with van der Waals surface area (Å²) < 4.78 is 0. The lowest BCUT2D eigenvalue weighted by molar-refractivity contribution is -0.113. The number of anilines is 1. The third-order valence-electron chi connectivity index (χ3n) is 3.30. The lowest BCUT2D eigenvalue weighted by atomic mass is 10.1. The number of nitrogens with one attached hydrogen (secondary N) is 1. The molecule has 0 aliphatic heterocycles. The molecular formula is C18H19NO2S. The van der Waals surface area contributed by atoms with Crippen molar-refractivity contribution in [2.24, 2.45) is 0 Å². The second-order valence-corrected chi connectivity index (χ2v) is 5.98. The Morgan fingerprint density at radius 3 is 2.36 bits per heavy atom. The first-order chi connectivity index (χ1) is 10.6. The molecule has 2 aromatic rings. The van der Waals surface area contributed by atoms with E-state index in [9.17, 15) is 9.59 Å². The minimum absolute atomic E-state index is 0.0263. The number of thioether (sulfide) groups is 1. The zero-order chi connectivity index (χ0) is 15.9. The first kappa shape index (κ1) is 16.3. The fraction of sp³-hybridized carbons (Fsp3) is 0.222. The van der Waals surface area contributed by atoms with Crippen LogP contribution in [-0.4, -0.2) is 17.4 Å². The second kappa shape index (κ2) is 7.80. The Balaban J connectivity index is 1.91. The van der Waals surface area contributed by atoms with E-state index >= 15 is 0 Å². The van der Waals surface area contributed by atoms with Crippen LogP contribution in [0.3, 0.4) is 0 Å². The maximum atomic E-state index is 12.0. The molecule has 0 radical (unpaired) electrons. The van der Waals surface area contributed by atoms with Gasteiger partial charge in [-0.1, -0.05) is 37.3 Å². The number of benzene rings is 2. The summed E-state index contributed by atoms with van der Waals surface area (Å²) in [5.41, 5.74) is 2.69. The highest BCUT2D eigenvalue weighted by atomic mass is 32.2. The summed E-state index contributed by atoms with van der Waals surface area (Å²) >= 11 is 1.46. The number of para-hydroxylation sites is 1. The number of amides is 1. The van der Waals surface area contributed by atoms with Gasteiger partial charge >= 0.3 is 0 Å². The summed E-state index contributed by atoms with van der Waals surface area (Å²) in [7, 11) is 0. The van der Waals surface area contributed by atoms with Crippen LogP contribution in [0.15, 0.2) is 53.4 Å². The normalized spacial score (nSPS) is 10.3. The molecule has 0 saturated carbocycles. The van der Waals surface area contributed by atoms with Gasteiger partial charge in [-0.15, -0.1) is 11.8 Å². The van der Waals surface area contributed by atoms with Crippen LogP contribution in [0.4, 0.5) is 5.69 Å². The summed E-state index contributed by atoms with van der Waals surface area (Å²) in [4.78, 5) is 24.2. The molecule has 1 N–H and O–H groups in total. The first-order valence-electron chi connectivity index (χ1n) is 7.21.